The molecule has 1 fully saturated rings. The van der Waals surface area contributed by atoms with Gasteiger partial charge in [-0.1, -0.05) is 35.5 Å². The second kappa shape index (κ2) is 8.16. The van der Waals surface area contributed by atoms with Crippen LogP contribution in [0.15, 0.2) is 45.3 Å². The number of ether oxygens (including phenoxy) is 1. The Kier molecular flexibility index (Phi) is 5.44. The summed E-state index contributed by atoms with van der Waals surface area (Å²) in [4.78, 5) is 12.4. The molecule has 1 atom stereocenters. The summed E-state index contributed by atoms with van der Waals surface area (Å²) in [7, 11) is 0. The molecule has 0 saturated heterocycles. The van der Waals surface area contributed by atoms with E-state index in [2.05, 4.69) is 20.7 Å². The van der Waals surface area contributed by atoms with Crippen LogP contribution in [0.1, 0.15) is 67.9 Å². The van der Waals surface area contributed by atoms with Crippen LogP contribution < -0.4 is 5.32 Å². The lowest BCUT2D eigenvalue weighted by Crippen LogP contribution is -2.43. The van der Waals surface area contributed by atoms with E-state index in [-0.39, 0.29) is 35.8 Å². The third kappa shape index (κ3) is 4.37. The van der Waals surface area contributed by atoms with Crippen molar-refractivity contribution in [3.05, 3.63) is 53.9 Å². The molecule has 3 aromatic rings. The lowest BCUT2D eigenvalue weighted by molar-refractivity contribution is 0.00177. The molecule has 1 aromatic carbocycles. The maximum Gasteiger partial charge on any atom is 0.273 e. The molecule has 152 valence electrons. The van der Waals surface area contributed by atoms with E-state index in [9.17, 15) is 4.79 Å². The van der Waals surface area contributed by atoms with Gasteiger partial charge in [0, 0.05) is 23.6 Å². The van der Waals surface area contributed by atoms with Crippen molar-refractivity contribution < 1.29 is 18.5 Å². The third-order valence-electron chi connectivity index (χ3n) is 4.90. The minimum Gasteiger partial charge on any atom is -0.422 e. The number of amides is 1. The predicted molar refractivity (Wildman–Crippen MR) is 104 cm³/mol. The van der Waals surface area contributed by atoms with Crippen molar-refractivity contribution in [1.29, 1.82) is 0 Å². The van der Waals surface area contributed by atoms with Crippen LogP contribution in [0.4, 0.5) is 0 Å². The van der Waals surface area contributed by atoms with Crippen LogP contribution >= 0.6 is 0 Å². The quantitative estimate of drug-likeness (QED) is 0.646. The molecule has 1 N–H and O–H groups in total. The zero-order valence-electron chi connectivity index (χ0n) is 16.7. The molecule has 0 unspecified atom stereocenters. The highest BCUT2D eigenvalue weighted by molar-refractivity contribution is 5.93. The van der Waals surface area contributed by atoms with Crippen molar-refractivity contribution in [2.45, 2.75) is 57.8 Å². The van der Waals surface area contributed by atoms with E-state index < -0.39 is 0 Å². The Morgan fingerprint density at radius 2 is 1.93 bits per heavy atom. The van der Waals surface area contributed by atoms with Gasteiger partial charge in [-0.15, -0.1) is 10.2 Å². The summed E-state index contributed by atoms with van der Waals surface area (Å²) < 4.78 is 16.7. The van der Waals surface area contributed by atoms with Gasteiger partial charge in [-0.05, 0) is 33.6 Å². The molecule has 0 bridgehead atoms. The first-order valence-corrected chi connectivity index (χ1v) is 9.81. The minimum atomic E-state index is -0.246. The molecule has 8 nitrogen and oxygen atoms in total. The van der Waals surface area contributed by atoms with Crippen LogP contribution in [0, 0.1) is 0 Å². The van der Waals surface area contributed by atoms with Gasteiger partial charge in [-0.25, -0.2) is 0 Å². The van der Waals surface area contributed by atoms with Crippen molar-refractivity contribution in [3.63, 3.8) is 0 Å². The van der Waals surface area contributed by atoms with Crippen molar-refractivity contribution >= 4 is 5.91 Å². The molecule has 2 aromatic heterocycles. The molecule has 1 aliphatic carbocycles. The molecular formula is C21H24N4O4. The standard InChI is InChI=1S/C21H24N4O4/c1-12(2)27-13(3)20-23-24-21(28-20)15-9-16(10-15)22-19(26)17-11-18(29-25-17)14-7-5-4-6-8-14/h4-8,11-13,15-16H,9-10H2,1-3H3,(H,22,26)/t13-,15-,16-/m1/s1. The monoisotopic (exact) mass is 396 g/mol. The summed E-state index contributed by atoms with van der Waals surface area (Å²) in [5.41, 5.74) is 1.15. The van der Waals surface area contributed by atoms with Crippen LogP contribution in [0.5, 0.6) is 0 Å². The lowest BCUT2D eigenvalue weighted by Gasteiger charge is -2.33. The van der Waals surface area contributed by atoms with Crippen molar-refractivity contribution in [3.8, 4) is 11.3 Å². The van der Waals surface area contributed by atoms with Crippen LogP contribution in [0.2, 0.25) is 0 Å². The van der Waals surface area contributed by atoms with Gasteiger partial charge in [0.1, 0.15) is 6.10 Å². The lowest BCUT2D eigenvalue weighted by atomic mass is 9.80. The normalized spacial score (nSPS) is 19.7. The topological polar surface area (TPSA) is 103 Å². The molecule has 4 rings (SSSR count). The summed E-state index contributed by atoms with van der Waals surface area (Å²) in [6, 6.07) is 11.3. The van der Waals surface area contributed by atoms with E-state index >= 15 is 0 Å². The van der Waals surface area contributed by atoms with Crippen LogP contribution in [-0.4, -0.2) is 33.4 Å². The molecule has 2 heterocycles. The molecule has 0 radical (unpaired) electrons. The van der Waals surface area contributed by atoms with Crippen LogP contribution in [-0.2, 0) is 4.74 Å². The largest absolute Gasteiger partial charge is 0.422 e. The zero-order chi connectivity index (χ0) is 20.4. The number of rotatable bonds is 7. The second-order valence-electron chi connectivity index (χ2n) is 7.59. The highest BCUT2D eigenvalue weighted by Gasteiger charge is 2.36. The first kappa shape index (κ1) is 19.3. The van der Waals surface area contributed by atoms with E-state index in [4.69, 9.17) is 13.7 Å². The summed E-state index contributed by atoms with van der Waals surface area (Å²) in [6.07, 6.45) is 1.34. The summed E-state index contributed by atoms with van der Waals surface area (Å²) in [5.74, 6) is 1.54. The molecule has 1 aliphatic rings. The van der Waals surface area contributed by atoms with E-state index in [1.165, 1.54) is 0 Å². The maximum absolute atomic E-state index is 12.4. The van der Waals surface area contributed by atoms with E-state index in [1.807, 2.05) is 51.1 Å². The number of nitrogens with one attached hydrogen (secondary N) is 1. The Labute approximate surface area is 168 Å². The zero-order valence-corrected chi connectivity index (χ0v) is 16.7. The highest BCUT2D eigenvalue weighted by atomic mass is 16.5. The SMILES string of the molecule is CC(C)O[C@H](C)c1nnc([C@H]2C[C@H](NC(=O)c3cc(-c4ccccc4)on3)C2)o1. The van der Waals surface area contributed by atoms with Gasteiger partial charge in [0.15, 0.2) is 11.5 Å². The number of carbonyl (C=O) groups excluding carboxylic acids is 1. The molecular weight excluding hydrogens is 372 g/mol. The summed E-state index contributed by atoms with van der Waals surface area (Å²) >= 11 is 0. The van der Waals surface area contributed by atoms with Crippen molar-refractivity contribution in [1.82, 2.24) is 20.7 Å². The number of hydrogen-bond acceptors (Lipinski definition) is 7. The highest BCUT2D eigenvalue weighted by Crippen LogP contribution is 2.37. The van der Waals surface area contributed by atoms with E-state index in [0.717, 1.165) is 18.4 Å². The first-order valence-electron chi connectivity index (χ1n) is 9.81. The van der Waals surface area contributed by atoms with Gasteiger partial charge in [-0.3, -0.25) is 4.79 Å². The van der Waals surface area contributed by atoms with E-state index in [0.29, 0.717) is 17.5 Å². The predicted octanol–water partition coefficient (Wildman–Crippen LogP) is 3.89. The van der Waals surface area contributed by atoms with Gasteiger partial charge >= 0.3 is 0 Å². The molecule has 8 heteroatoms. The molecule has 1 amide bonds. The fourth-order valence-electron chi connectivity index (χ4n) is 3.36. The Morgan fingerprint density at radius 3 is 2.66 bits per heavy atom. The number of carbonyl (C=O) groups is 1. The Hall–Kier alpha value is -3.00. The van der Waals surface area contributed by atoms with Crippen molar-refractivity contribution in [2.75, 3.05) is 0 Å². The van der Waals surface area contributed by atoms with Gasteiger partial charge in [0.2, 0.25) is 11.8 Å². The summed E-state index contributed by atoms with van der Waals surface area (Å²) in [6.45, 7) is 5.82. The average Bonchev–Trinajstić information content (AvgIpc) is 3.34. The average molecular weight is 396 g/mol. The number of nitrogens with zero attached hydrogens (tertiary/aromatic N) is 3. The summed E-state index contributed by atoms with van der Waals surface area (Å²) in [5, 5.41) is 15.1. The number of aromatic nitrogens is 3. The number of hydrogen-bond donors (Lipinski definition) is 1. The van der Waals surface area contributed by atoms with Gasteiger partial charge in [0.25, 0.3) is 5.91 Å². The van der Waals surface area contributed by atoms with Crippen molar-refractivity contribution in [2.24, 2.45) is 0 Å². The van der Waals surface area contributed by atoms with E-state index in [1.54, 1.807) is 6.07 Å². The Balaban J connectivity index is 1.29. The second-order valence-corrected chi connectivity index (χ2v) is 7.59. The van der Waals surface area contributed by atoms with Gasteiger partial charge in [0.05, 0.1) is 6.10 Å². The minimum absolute atomic E-state index is 0.0454. The molecule has 0 spiro atoms. The van der Waals surface area contributed by atoms with Gasteiger partial charge in [-0.2, -0.15) is 0 Å². The van der Waals surface area contributed by atoms with Gasteiger partial charge < -0.3 is 19.0 Å². The maximum atomic E-state index is 12.4. The Morgan fingerprint density at radius 1 is 1.17 bits per heavy atom. The van der Waals surface area contributed by atoms with Crippen LogP contribution in [0.3, 0.4) is 0 Å². The molecule has 29 heavy (non-hydrogen) atoms. The fraction of sp³-hybridized carbons (Fsp3) is 0.429. The Bertz CT molecular complexity index is 960. The molecule has 0 aliphatic heterocycles. The third-order valence-corrected chi connectivity index (χ3v) is 4.90. The molecule has 1 saturated carbocycles. The number of benzene rings is 1. The van der Waals surface area contributed by atoms with Crippen LogP contribution in [0.25, 0.3) is 11.3 Å². The smallest absolute Gasteiger partial charge is 0.273 e. The first-order chi connectivity index (χ1) is 14.0. The fourth-order valence-corrected chi connectivity index (χ4v) is 3.36.